The molecule has 1 aliphatic carbocycles. The van der Waals surface area contributed by atoms with Gasteiger partial charge in [-0.05, 0) is 62.7 Å². The monoisotopic (exact) mass is 503 g/mol. The van der Waals surface area contributed by atoms with Crippen LogP contribution in [0.3, 0.4) is 0 Å². The average Bonchev–Trinajstić information content (AvgIpc) is 2.87. The fourth-order valence-electron chi connectivity index (χ4n) is 5.81. The molecular weight excluding hydrogens is 458 g/mol. The molecule has 2 bridgehead atoms. The minimum absolute atomic E-state index is 0.00602. The van der Waals surface area contributed by atoms with Gasteiger partial charge < -0.3 is 14.4 Å². The molecule has 3 rings (SSSR count). The van der Waals surface area contributed by atoms with Crippen LogP contribution in [0.25, 0.3) is 0 Å². The Morgan fingerprint density at radius 2 is 1.69 bits per heavy atom. The Labute approximate surface area is 216 Å². The third kappa shape index (κ3) is 7.99. The lowest BCUT2D eigenvalue weighted by Gasteiger charge is -2.37. The van der Waals surface area contributed by atoms with E-state index in [1.54, 1.807) is 0 Å². The van der Waals surface area contributed by atoms with Crippen LogP contribution in [-0.2, 0) is 28.7 Å². The molecule has 0 aromatic rings. The minimum atomic E-state index is -1.18. The molecule has 0 N–H and O–H groups in total. The van der Waals surface area contributed by atoms with Crippen LogP contribution in [0.1, 0.15) is 91.9 Å². The van der Waals surface area contributed by atoms with Gasteiger partial charge in [-0.1, -0.05) is 51.7 Å². The first-order valence-corrected chi connectivity index (χ1v) is 14.0. The van der Waals surface area contributed by atoms with E-state index >= 15 is 0 Å². The number of ketones is 2. The molecule has 6 atom stereocenters. The normalized spacial score (nSPS) is 34.8. The number of allylic oxidation sites excluding steroid dienone is 2. The summed E-state index contributed by atoms with van der Waals surface area (Å²) in [7, 11) is 0. The van der Waals surface area contributed by atoms with Crippen LogP contribution in [0.15, 0.2) is 11.6 Å². The minimum Gasteiger partial charge on any atom is -0.462 e. The van der Waals surface area contributed by atoms with E-state index in [0.717, 1.165) is 38.5 Å². The van der Waals surface area contributed by atoms with E-state index in [4.69, 9.17) is 9.47 Å². The van der Waals surface area contributed by atoms with Crippen LogP contribution in [-0.4, -0.2) is 54.3 Å². The van der Waals surface area contributed by atoms with Crippen molar-refractivity contribution in [2.24, 2.45) is 29.6 Å². The maximum Gasteiger partial charge on any atom is 0.356 e. The Morgan fingerprint density at radius 3 is 2.47 bits per heavy atom. The van der Waals surface area contributed by atoms with E-state index in [9.17, 15) is 19.2 Å². The molecule has 0 aromatic carbocycles. The fraction of sp³-hybridized carbons (Fsp3) is 0.793. The lowest BCUT2D eigenvalue weighted by molar-refractivity contribution is -0.186. The number of fused-ring (bicyclic) bond motifs is 3. The average molecular weight is 504 g/mol. The predicted octanol–water partition coefficient (Wildman–Crippen LogP) is 4.87. The molecule has 36 heavy (non-hydrogen) atoms. The van der Waals surface area contributed by atoms with Gasteiger partial charge in [0.05, 0.1) is 13.2 Å². The van der Waals surface area contributed by atoms with Gasteiger partial charge in [0, 0.05) is 25.3 Å². The number of carbonyl (C=O) groups is 4. The van der Waals surface area contributed by atoms with E-state index in [1.165, 1.54) is 10.5 Å². The van der Waals surface area contributed by atoms with Crippen LogP contribution >= 0.6 is 0 Å². The lowest BCUT2D eigenvalue weighted by atomic mass is 9.71. The summed E-state index contributed by atoms with van der Waals surface area (Å²) < 4.78 is 11.1. The molecule has 3 aliphatic rings. The Balaban J connectivity index is 1.77. The molecule has 7 heteroatoms. The first-order chi connectivity index (χ1) is 17.2. The molecule has 7 nitrogen and oxygen atoms in total. The zero-order chi connectivity index (χ0) is 26.2. The molecule has 2 aliphatic heterocycles. The second-order valence-electron chi connectivity index (χ2n) is 11.7. The van der Waals surface area contributed by atoms with Crippen molar-refractivity contribution in [3.8, 4) is 0 Å². The summed E-state index contributed by atoms with van der Waals surface area (Å²) in [5.41, 5.74) is 1.25. The SMILES string of the molecule is CC1=CCC(=O)CCC(C)COC(=O)C2OCCCN2C(=O)C(=O)C2CC(CCC(C)C1)CCC2C. The van der Waals surface area contributed by atoms with Gasteiger partial charge in [0.25, 0.3) is 5.91 Å². The van der Waals surface area contributed by atoms with E-state index in [2.05, 4.69) is 26.8 Å². The number of amides is 1. The van der Waals surface area contributed by atoms with Gasteiger partial charge >= 0.3 is 5.97 Å². The highest BCUT2D eigenvalue weighted by molar-refractivity contribution is 6.37. The molecule has 2 fully saturated rings. The van der Waals surface area contributed by atoms with Crippen molar-refractivity contribution in [1.82, 2.24) is 4.90 Å². The summed E-state index contributed by atoms with van der Waals surface area (Å²) in [4.78, 5) is 53.2. The summed E-state index contributed by atoms with van der Waals surface area (Å²) >= 11 is 0. The molecule has 1 amide bonds. The van der Waals surface area contributed by atoms with Crippen LogP contribution < -0.4 is 0 Å². The van der Waals surface area contributed by atoms with E-state index in [0.29, 0.717) is 50.7 Å². The number of carbonyl (C=O) groups excluding carboxylic acids is 4. The van der Waals surface area contributed by atoms with Crippen molar-refractivity contribution in [2.45, 2.75) is 98.1 Å². The molecule has 0 spiro atoms. The Kier molecular flexibility index (Phi) is 10.7. The van der Waals surface area contributed by atoms with Crippen molar-refractivity contribution in [3.63, 3.8) is 0 Å². The standard InChI is InChI=1S/C29H45NO6/c1-19-6-10-23-11-9-22(4)25(17-23)26(32)27(33)30-14-5-15-35-28(30)29(34)36-18-21(3)8-13-24(31)12-7-20(2)16-19/h7,19,21-23,25,28H,5-6,8-18H2,1-4H3. The Bertz CT molecular complexity index is 836. The van der Waals surface area contributed by atoms with Crippen molar-refractivity contribution < 1.29 is 28.7 Å². The highest BCUT2D eigenvalue weighted by Crippen LogP contribution is 2.38. The van der Waals surface area contributed by atoms with Gasteiger partial charge in [-0.2, -0.15) is 0 Å². The number of Topliss-reactive ketones (excluding diaryl/α,β-unsaturated/α-hetero) is 2. The first-order valence-electron chi connectivity index (χ1n) is 14.0. The summed E-state index contributed by atoms with van der Waals surface area (Å²) in [6.45, 7) is 9.15. The second kappa shape index (κ2) is 13.5. The lowest BCUT2D eigenvalue weighted by Crippen LogP contribution is -2.54. The topological polar surface area (TPSA) is 90.0 Å². The molecular formula is C29H45NO6. The van der Waals surface area contributed by atoms with Crippen LogP contribution in [0, 0.1) is 29.6 Å². The zero-order valence-electron chi connectivity index (χ0n) is 22.6. The maximum atomic E-state index is 13.4. The summed E-state index contributed by atoms with van der Waals surface area (Å²) in [5, 5.41) is 0. The van der Waals surface area contributed by atoms with E-state index in [-0.39, 0.29) is 35.9 Å². The third-order valence-corrected chi connectivity index (χ3v) is 8.26. The molecule has 1 saturated carbocycles. The molecule has 0 aromatic heterocycles. The number of esters is 1. The summed E-state index contributed by atoms with van der Waals surface area (Å²) in [6.07, 6.45) is 8.79. The van der Waals surface area contributed by atoms with Gasteiger partial charge in [0.15, 0.2) is 0 Å². The third-order valence-electron chi connectivity index (χ3n) is 8.26. The molecule has 202 valence electrons. The van der Waals surface area contributed by atoms with Gasteiger partial charge in [-0.25, -0.2) is 4.79 Å². The fourth-order valence-corrected chi connectivity index (χ4v) is 5.81. The van der Waals surface area contributed by atoms with Gasteiger partial charge in [-0.3, -0.25) is 14.4 Å². The van der Waals surface area contributed by atoms with Crippen molar-refractivity contribution in [3.05, 3.63) is 11.6 Å². The first kappa shape index (κ1) is 28.5. The van der Waals surface area contributed by atoms with Crippen molar-refractivity contribution >= 4 is 23.4 Å². The summed E-state index contributed by atoms with van der Waals surface area (Å²) in [5.74, 6) is -0.676. The molecule has 2 heterocycles. The predicted molar refractivity (Wildman–Crippen MR) is 137 cm³/mol. The summed E-state index contributed by atoms with van der Waals surface area (Å²) in [6, 6.07) is 0. The van der Waals surface area contributed by atoms with E-state index in [1.807, 2.05) is 6.92 Å². The molecule has 6 unspecified atom stereocenters. The molecule has 1 saturated heterocycles. The Hall–Kier alpha value is -2.02. The number of cyclic esters (lactones) is 1. The number of ether oxygens (including phenoxy) is 2. The number of hydrogen-bond donors (Lipinski definition) is 0. The highest BCUT2D eigenvalue weighted by Gasteiger charge is 2.42. The smallest absolute Gasteiger partial charge is 0.356 e. The Morgan fingerprint density at radius 1 is 0.944 bits per heavy atom. The number of nitrogens with zero attached hydrogens (tertiary/aromatic N) is 1. The van der Waals surface area contributed by atoms with Gasteiger partial charge in [-0.15, -0.1) is 0 Å². The second-order valence-corrected chi connectivity index (χ2v) is 11.7. The van der Waals surface area contributed by atoms with E-state index < -0.39 is 18.1 Å². The van der Waals surface area contributed by atoms with Gasteiger partial charge in [0.1, 0.15) is 5.78 Å². The molecule has 0 radical (unpaired) electrons. The quantitative estimate of drug-likeness (QED) is 0.266. The largest absolute Gasteiger partial charge is 0.462 e. The van der Waals surface area contributed by atoms with Crippen LogP contribution in [0.5, 0.6) is 0 Å². The van der Waals surface area contributed by atoms with Crippen LogP contribution in [0.4, 0.5) is 0 Å². The number of rotatable bonds is 0. The van der Waals surface area contributed by atoms with Crippen LogP contribution in [0.2, 0.25) is 0 Å². The van der Waals surface area contributed by atoms with Gasteiger partial charge in [0.2, 0.25) is 12.0 Å². The number of hydrogen-bond acceptors (Lipinski definition) is 6. The highest BCUT2D eigenvalue weighted by atomic mass is 16.6. The van der Waals surface area contributed by atoms with Crippen molar-refractivity contribution in [1.29, 1.82) is 0 Å². The maximum absolute atomic E-state index is 13.4. The zero-order valence-corrected chi connectivity index (χ0v) is 22.6. The van der Waals surface area contributed by atoms with Crippen molar-refractivity contribution in [2.75, 3.05) is 19.8 Å².